The third-order valence-corrected chi connectivity index (χ3v) is 7.36. The van der Waals surface area contributed by atoms with Crippen LogP contribution >= 0.6 is 0 Å². The number of nitriles is 1. The van der Waals surface area contributed by atoms with Gasteiger partial charge in [-0.15, -0.1) is 0 Å². The van der Waals surface area contributed by atoms with E-state index in [1.54, 1.807) is 32.2 Å². The van der Waals surface area contributed by atoms with Crippen LogP contribution in [0.25, 0.3) is 16.6 Å². The number of allylic oxidation sites excluding steroid dienone is 1. The van der Waals surface area contributed by atoms with Gasteiger partial charge in [0, 0.05) is 24.2 Å². The van der Waals surface area contributed by atoms with Gasteiger partial charge in [-0.1, -0.05) is 24.3 Å². The van der Waals surface area contributed by atoms with Crippen molar-refractivity contribution < 1.29 is 17.2 Å². The van der Waals surface area contributed by atoms with E-state index >= 15 is 0 Å². The Morgan fingerprint density at radius 3 is 2.71 bits per heavy atom. The zero-order valence-corrected chi connectivity index (χ0v) is 19.2. The van der Waals surface area contributed by atoms with Gasteiger partial charge in [-0.25, -0.2) is 18.4 Å². The van der Waals surface area contributed by atoms with Gasteiger partial charge in [0.1, 0.15) is 23.9 Å². The van der Waals surface area contributed by atoms with Crippen LogP contribution < -0.4 is 10.9 Å². The quantitative estimate of drug-likeness (QED) is 0.589. The molecule has 1 aromatic carbocycles. The second-order valence-electron chi connectivity index (χ2n) is 8.15. The van der Waals surface area contributed by atoms with Crippen molar-refractivity contribution in [3.63, 3.8) is 0 Å². The van der Waals surface area contributed by atoms with Gasteiger partial charge in [0.05, 0.1) is 16.9 Å². The summed E-state index contributed by atoms with van der Waals surface area (Å²) in [7, 11) is -1.58. The Bertz CT molecular complexity index is 1520. The number of nitrogens with zero attached hydrogens (tertiary/aromatic N) is 4. The number of pyridine rings is 1. The first-order chi connectivity index (χ1) is 16.0. The lowest BCUT2D eigenvalue weighted by molar-refractivity contribution is 0.0612. The van der Waals surface area contributed by atoms with Crippen molar-refractivity contribution in [3.05, 3.63) is 69.8 Å². The van der Waals surface area contributed by atoms with Gasteiger partial charge in [0.25, 0.3) is 5.56 Å². The number of aryl methyl sites for hydroxylation is 1. The molecule has 0 radical (unpaired) electrons. The first-order valence-electron chi connectivity index (χ1n) is 10.4. The third-order valence-electron chi connectivity index (χ3n) is 5.86. The van der Waals surface area contributed by atoms with E-state index in [1.807, 2.05) is 0 Å². The minimum absolute atomic E-state index is 0.0306. The predicted molar refractivity (Wildman–Crippen MR) is 124 cm³/mol. The number of anilines is 1. The summed E-state index contributed by atoms with van der Waals surface area (Å²) < 4.78 is 52.6. The fourth-order valence-corrected chi connectivity index (χ4v) is 5.05. The molecule has 34 heavy (non-hydrogen) atoms. The maximum atomic E-state index is 13.8. The number of nitrogens with one attached hydrogen (secondary N) is 1. The number of sulfone groups is 1. The van der Waals surface area contributed by atoms with Crippen LogP contribution in [0.3, 0.4) is 0 Å². The van der Waals surface area contributed by atoms with Crippen LogP contribution in [0.2, 0.25) is 0 Å². The van der Waals surface area contributed by atoms with Crippen molar-refractivity contribution in [1.82, 2.24) is 14.5 Å². The van der Waals surface area contributed by atoms with Gasteiger partial charge >= 0.3 is 5.92 Å². The lowest BCUT2D eigenvalue weighted by Gasteiger charge is -2.19. The molecule has 1 N–H and O–H groups in total. The molecular formula is C23H21F2N5O3S. The highest BCUT2D eigenvalue weighted by Crippen LogP contribution is 2.31. The van der Waals surface area contributed by atoms with Crippen LogP contribution in [0.4, 0.5) is 14.6 Å². The van der Waals surface area contributed by atoms with E-state index in [0.717, 1.165) is 6.07 Å². The molecule has 3 aromatic rings. The molecule has 0 aliphatic carbocycles. The highest BCUT2D eigenvalue weighted by Gasteiger charge is 2.31. The fourth-order valence-electron chi connectivity index (χ4n) is 3.89. The van der Waals surface area contributed by atoms with E-state index in [0.29, 0.717) is 33.6 Å². The number of halogens is 2. The molecule has 176 valence electrons. The molecule has 0 unspecified atom stereocenters. The standard InChI is InChI=1S/C23H21F2N5O3S/c1-14(16-4-3-5-17(10-16)23(24,25)12-26)29-20-19-11-18(15-6-8-34(32,33)9-7-15)22(31)30(2)21(19)28-13-27-20/h3-6,10-11,13-14H,7-9H2,1-2H3,(H,27,28,29)/t14-/m0/s1. The molecule has 0 amide bonds. The molecule has 0 spiro atoms. The van der Waals surface area contributed by atoms with Gasteiger partial charge < -0.3 is 5.32 Å². The normalized spacial score (nSPS) is 16.5. The summed E-state index contributed by atoms with van der Waals surface area (Å²) in [6.45, 7) is 1.76. The second-order valence-corrected chi connectivity index (χ2v) is 10.4. The first-order valence-corrected chi connectivity index (χ1v) is 12.2. The fraction of sp³-hybridized carbons (Fsp3) is 0.304. The number of hydrogen-bond acceptors (Lipinski definition) is 7. The molecule has 1 aliphatic rings. The molecular weight excluding hydrogens is 464 g/mol. The zero-order valence-electron chi connectivity index (χ0n) is 18.4. The van der Waals surface area contributed by atoms with E-state index in [2.05, 4.69) is 15.3 Å². The van der Waals surface area contributed by atoms with E-state index < -0.39 is 27.4 Å². The summed E-state index contributed by atoms with van der Waals surface area (Å²) in [4.78, 5) is 21.4. The molecule has 0 saturated heterocycles. The molecule has 1 aliphatic heterocycles. The number of aromatic nitrogens is 3. The summed E-state index contributed by atoms with van der Waals surface area (Å²) in [6, 6.07) is 7.74. The van der Waals surface area contributed by atoms with E-state index in [1.165, 1.54) is 29.1 Å². The predicted octanol–water partition coefficient (Wildman–Crippen LogP) is 3.32. The second kappa shape index (κ2) is 8.61. The maximum Gasteiger partial charge on any atom is 0.357 e. The number of benzene rings is 1. The van der Waals surface area contributed by atoms with Gasteiger partial charge in [-0.2, -0.15) is 14.0 Å². The van der Waals surface area contributed by atoms with Crippen molar-refractivity contribution in [1.29, 1.82) is 5.26 Å². The first kappa shape index (κ1) is 23.5. The molecule has 8 nitrogen and oxygen atoms in total. The topological polar surface area (TPSA) is 118 Å². The number of hydrogen-bond donors (Lipinski definition) is 1. The minimum Gasteiger partial charge on any atom is -0.363 e. The molecule has 1 atom stereocenters. The van der Waals surface area contributed by atoms with Gasteiger partial charge in [-0.05, 0) is 36.6 Å². The Hall–Kier alpha value is -3.65. The van der Waals surface area contributed by atoms with Crippen LogP contribution in [0.15, 0.2) is 47.5 Å². The van der Waals surface area contributed by atoms with Gasteiger partial charge in [0.15, 0.2) is 9.84 Å². The molecule has 0 bridgehead atoms. The summed E-state index contributed by atoms with van der Waals surface area (Å²) >= 11 is 0. The molecule has 0 fully saturated rings. The van der Waals surface area contributed by atoms with E-state index in [-0.39, 0.29) is 23.5 Å². The van der Waals surface area contributed by atoms with Gasteiger partial charge in [-0.3, -0.25) is 9.36 Å². The Kier molecular flexibility index (Phi) is 5.95. The van der Waals surface area contributed by atoms with Crippen LogP contribution in [0.1, 0.15) is 36.1 Å². The monoisotopic (exact) mass is 485 g/mol. The lowest BCUT2D eigenvalue weighted by Crippen LogP contribution is -2.24. The lowest BCUT2D eigenvalue weighted by atomic mass is 10.0. The molecule has 11 heteroatoms. The highest BCUT2D eigenvalue weighted by atomic mass is 32.2. The van der Waals surface area contributed by atoms with Crippen LogP contribution in [0, 0.1) is 11.3 Å². The zero-order chi connectivity index (χ0) is 24.7. The minimum atomic E-state index is -3.61. The summed E-state index contributed by atoms with van der Waals surface area (Å²) in [5.41, 5.74) is 1.19. The Labute approximate surface area is 194 Å². The SMILES string of the molecule is C[C@H](Nc1ncnc2c1cc(C1=CCS(=O)(=O)CC1)c(=O)n2C)c1cccc(C(F)(F)C#N)c1. The number of rotatable bonds is 5. The molecule has 2 aromatic heterocycles. The van der Waals surface area contributed by atoms with Crippen molar-refractivity contribution in [2.45, 2.75) is 25.3 Å². The Balaban J connectivity index is 1.75. The largest absolute Gasteiger partial charge is 0.363 e. The van der Waals surface area contributed by atoms with Crippen molar-refractivity contribution in [3.8, 4) is 6.07 Å². The highest BCUT2D eigenvalue weighted by molar-refractivity contribution is 7.91. The van der Waals surface area contributed by atoms with E-state index in [4.69, 9.17) is 5.26 Å². The number of fused-ring (bicyclic) bond motifs is 1. The Morgan fingerprint density at radius 1 is 1.26 bits per heavy atom. The third kappa shape index (κ3) is 4.41. The summed E-state index contributed by atoms with van der Waals surface area (Å²) in [5, 5.41) is 12.4. The van der Waals surface area contributed by atoms with Crippen LogP contribution in [0.5, 0.6) is 0 Å². The van der Waals surface area contributed by atoms with E-state index in [9.17, 15) is 22.0 Å². The Morgan fingerprint density at radius 2 is 2.03 bits per heavy atom. The maximum absolute atomic E-state index is 13.8. The van der Waals surface area contributed by atoms with Crippen molar-refractivity contribution in [2.24, 2.45) is 7.05 Å². The van der Waals surface area contributed by atoms with Crippen LogP contribution in [-0.4, -0.2) is 34.5 Å². The van der Waals surface area contributed by atoms with Crippen molar-refractivity contribution in [2.75, 3.05) is 16.8 Å². The van der Waals surface area contributed by atoms with Gasteiger partial charge in [0.2, 0.25) is 0 Å². The summed E-state index contributed by atoms with van der Waals surface area (Å²) in [5.74, 6) is -3.38. The molecule has 0 saturated carbocycles. The average molecular weight is 486 g/mol. The molecule has 3 heterocycles. The van der Waals surface area contributed by atoms with Crippen molar-refractivity contribution >= 4 is 32.3 Å². The number of alkyl halides is 2. The smallest absolute Gasteiger partial charge is 0.357 e. The summed E-state index contributed by atoms with van der Waals surface area (Å²) in [6.07, 6.45) is 3.08. The average Bonchev–Trinajstić information content (AvgIpc) is 2.82. The molecule has 4 rings (SSSR count). The van der Waals surface area contributed by atoms with Crippen LogP contribution in [-0.2, 0) is 22.8 Å².